The molecule has 0 aliphatic carbocycles. The third-order valence-corrected chi connectivity index (χ3v) is 5.43. The number of benzene rings is 1. The number of aryl methyl sites for hydroxylation is 1. The minimum Gasteiger partial charge on any atom is -0.381 e. The Bertz CT molecular complexity index is 587. The molecule has 7 heteroatoms. The van der Waals surface area contributed by atoms with Gasteiger partial charge in [-0.1, -0.05) is 24.3 Å². The maximum absolute atomic E-state index is 5.65. The molecule has 0 amide bonds. The van der Waals surface area contributed by atoms with E-state index in [0.717, 1.165) is 65.0 Å². The zero-order valence-corrected chi connectivity index (χ0v) is 18.8. The SMILES string of the molecule is CN=C(NCc1ccccc1C)NCC(C1CCOC1)N1CCOCC1.I. The largest absolute Gasteiger partial charge is 0.381 e. The molecule has 3 rings (SSSR count). The Balaban J connectivity index is 0.00000261. The van der Waals surface area contributed by atoms with Gasteiger partial charge in [0.05, 0.1) is 19.8 Å². The summed E-state index contributed by atoms with van der Waals surface area (Å²) in [4.78, 5) is 6.94. The molecule has 0 saturated carbocycles. The Labute approximate surface area is 180 Å². The summed E-state index contributed by atoms with van der Waals surface area (Å²) in [5, 5.41) is 6.97. The van der Waals surface area contributed by atoms with Crippen molar-refractivity contribution in [2.75, 3.05) is 53.1 Å². The molecule has 152 valence electrons. The van der Waals surface area contributed by atoms with Gasteiger partial charge in [0.2, 0.25) is 0 Å². The second-order valence-corrected chi connectivity index (χ2v) is 7.07. The maximum Gasteiger partial charge on any atom is 0.191 e. The zero-order chi connectivity index (χ0) is 18.2. The third-order valence-electron chi connectivity index (χ3n) is 5.43. The smallest absolute Gasteiger partial charge is 0.191 e. The number of aliphatic imine (C=N–C) groups is 1. The van der Waals surface area contributed by atoms with Gasteiger partial charge in [0.1, 0.15) is 0 Å². The van der Waals surface area contributed by atoms with Crippen molar-refractivity contribution < 1.29 is 9.47 Å². The van der Waals surface area contributed by atoms with Crippen molar-refractivity contribution >= 4 is 29.9 Å². The van der Waals surface area contributed by atoms with Crippen LogP contribution in [0.15, 0.2) is 29.3 Å². The summed E-state index contributed by atoms with van der Waals surface area (Å²) in [7, 11) is 1.83. The van der Waals surface area contributed by atoms with Crippen LogP contribution in [0.25, 0.3) is 0 Å². The van der Waals surface area contributed by atoms with E-state index in [1.165, 1.54) is 11.1 Å². The molecule has 0 aromatic heterocycles. The quantitative estimate of drug-likeness (QED) is 0.365. The fraction of sp³-hybridized carbons (Fsp3) is 0.650. The van der Waals surface area contributed by atoms with E-state index < -0.39 is 0 Å². The van der Waals surface area contributed by atoms with Crippen LogP contribution in [-0.2, 0) is 16.0 Å². The molecule has 2 N–H and O–H groups in total. The summed E-state index contributed by atoms with van der Waals surface area (Å²) in [5.74, 6) is 1.43. The average Bonchev–Trinajstić information content (AvgIpc) is 3.21. The molecular weight excluding hydrogens is 455 g/mol. The van der Waals surface area contributed by atoms with Gasteiger partial charge in [-0.15, -0.1) is 24.0 Å². The summed E-state index contributed by atoms with van der Waals surface area (Å²) in [6, 6.07) is 8.90. The van der Waals surface area contributed by atoms with E-state index in [1.54, 1.807) is 0 Å². The number of hydrogen-bond acceptors (Lipinski definition) is 4. The first-order valence-corrected chi connectivity index (χ1v) is 9.66. The van der Waals surface area contributed by atoms with Gasteiger partial charge in [-0.25, -0.2) is 0 Å². The van der Waals surface area contributed by atoms with Crippen molar-refractivity contribution in [3.63, 3.8) is 0 Å². The van der Waals surface area contributed by atoms with Gasteiger partial charge in [-0.05, 0) is 24.5 Å². The molecule has 2 saturated heterocycles. The molecule has 0 radical (unpaired) electrons. The van der Waals surface area contributed by atoms with Crippen LogP contribution in [0.3, 0.4) is 0 Å². The van der Waals surface area contributed by atoms with Gasteiger partial charge in [0.15, 0.2) is 5.96 Å². The normalized spacial score (nSPS) is 22.1. The van der Waals surface area contributed by atoms with Crippen LogP contribution in [0.4, 0.5) is 0 Å². The fourth-order valence-electron chi connectivity index (χ4n) is 3.77. The molecule has 1 aromatic rings. The number of nitrogens with one attached hydrogen (secondary N) is 2. The first-order valence-electron chi connectivity index (χ1n) is 9.66. The van der Waals surface area contributed by atoms with E-state index in [-0.39, 0.29) is 24.0 Å². The highest BCUT2D eigenvalue weighted by molar-refractivity contribution is 14.0. The summed E-state index contributed by atoms with van der Waals surface area (Å²) < 4.78 is 11.2. The lowest BCUT2D eigenvalue weighted by atomic mass is 9.97. The van der Waals surface area contributed by atoms with Crippen molar-refractivity contribution in [3.05, 3.63) is 35.4 Å². The molecule has 2 atom stereocenters. The number of morpholine rings is 1. The van der Waals surface area contributed by atoms with Crippen LogP contribution in [-0.4, -0.2) is 70.0 Å². The standard InChI is InChI=1S/C20H32N4O2.HI/c1-16-5-3-4-6-17(16)13-22-20(21-2)23-14-19(18-7-10-26-15-18)24-8-11-25-12-9-24;/h3-6,18-19H,7-15H2,1-2H3,(H2,21,22,23);1H. The van der Waals surface area contributed by atoms with Gasteiger partial charge >= 0.3 is 0 Å². The molecular formula is C20H33IN4O2. The maximum atomic E-state index is 5.65. The number of ether oxygens (including phenoxy) is 2. The molecule has 2 heterocycles. The van der Waals surface area contributed by atoms with E-state index in [2.05, 4.69) is 51.7 Å². The van der Waals surface area contributed by atoms with Crippen molar-refractivity contribution in [3.8, 4) is 0 Å². The second-order valence-electron chi connectivity index (χ2n) is 7.07. The highest BCUT2D eigenvalue weighted by Crippen LogP contribution is 2.21. The molecule has 0 spiro atoms. The monoisotopic (exact) mass is 488 g/mol. The average molecular weight is 488 g/mol. The lowest BCUT2D eigenvalue weighted by Crippen LogP contribution is -2.53. The number of hydrogen-bond donors (Lipinski definition) is 2. The van der Waals surface area contributed by atoms with Crippen LogP contribution in [0.2, 0.25) is 0 Å². The Hall–Kier alpha value is -0.900. The summed E-state index contributed by atoms with van der Waals surface area (Å²) >= 11 is 0. The Morgan fingerprint density at radius 2 is 1.96 bits per heavy atom. The van der Waals surface area contributed by atoms with Crippen molar-refractivity contribution in [1.82, 2.24) is 15.5 Å². The van der Waals surface area contributed by atoms with Crippen molar-refractivity contribution in [1.29, 1.82) is 0 Å². The van der Waals surface area contributed by atoms with E-state index in [0.29, 0.717) is 12.0 Å². The zero-order valence-electron chi connectivity index (χ0n) is 16.4. The van der Waals surface area contributed by atoms with Crippen molar-refractivity contribution in [2.24, 2.45) is 10.9 Å². The lowest BCUT2D eigenvalue weighted by Gasteiger charge is -2.37. The Morgan fingerprint density at radius 3 is 2.63 bits per heavy atom. The van der Waals surface area contributed by atoms with E-state index in [1.807, 2.05) is 7.05 Å². The van der Waals surface area contributed by atoms with Crippen LogP contribution < -0.4 is 10.6 Å². The van der Waals surface area contributed by atoms with Gasteiger partial charge < -0.3 is 20.1 Å². The predicted octanol–water partition coefficient (Wildman–Crippen LogP) is 2.02. The van der Waals surface area contributed by atoms with Crippen LogP contribution in [0.5, 0.6) is 0 Å². The second kappa shape index (κ2) is 11.8. The van der Waals surface area contributed by atoms with Gasteiger partial charge in [-0.2, -0.15) is 0 Å². The number of halogens is 1. The van der Waals surface area contributed by atoms with E-state index >= 15 is 0 Å². The molecule has 2 unspecified atom stereocenters. The van der Waals surface area contributed by atoms with Gasteiger partial charge in [0, 0.05) is 51.8 Å². The fourth-order valence-corrected chi connectivity index (χ4v) is 3.77. The molecule has 2 aliphatic rings. The number of guanidine groups is 1. The molecule has 27 heavy (non-hydrogen) atoms. The van der Waals surface area contributed by atoms with Crippen LogP contribution in [0, 0.1) is 12.8 Å². The summed E-state index contributed by atoms with van der Waals surface area (Å²) in [5.41, 5.74) is 2.59. The van der Waals surface area contributed by atoms with Gasteiger partial charge in [-0.3, -0.25) is 9.89 Å². The molecule has 0 bridgehead atoms. The van der Waals surface area contributed by atoms with Crippen molar-refractivity contribution in [2.45, 2.75) is 25.9 Å². The molecule has 6 nitrogen and oxygen atoms in total. The number of nitrogens with zero attached hydrogens (tertiary/aromatic N) is 2. The Morgan fingerprint density at radius 1 is 1.19 bits per heavy atom. The molecule has 2 aliphatic heterocycles. The first-order chi connectivity index (χ1) is 12.8. The molecule has 1 aromatic carbocycles. The van der Waals surface area contributed by atoms with Crippen LogP contribution >= 0.6 is 24.0 Å². The molecule has 2 fully saturated rings. The van der Waals surface area contributed by atoms with E-state index in [9.17, 15) is 0 Å². The van der Waals surface area contributed by atoms with Crippen LogP contribution in [0.1, 0.15) is 17.5 Å². The number of rotatable bonds is 6. The van der Waals surface area contributed by atoms with E-state index in [4.69, 9.17) is 9.47 Å². The highest BCUT2D eigenvalue weighted by atomic mass is 127. The summed E-state index contributed by atoms with van der Waals surface area (Å²) in [6.45, 7) is 9.18. The third kappa shape index (κ3) is 6.58. The minimum absolute atomic E-state index is 0. The first kappa shape index (κ1) is 22.4. The lowest BCUT2D eigenvalue weighted by molar-refractivity contribution is 0.00246. The Kier molecular flexibility index (Phi) is 9.81. The predicted molar refractivity (Wildman–Crippen MR) is 120 cm³/mol. The minimum atomic E-state index is 0. The van der Waals surface area contributed by atoms with Gasteiger partial charge in [0.25, 0.3) is 0 Å². The highest BCUT2D eigenvalue weighted by Gasteiger charge is 2.31. The summed E-state index contributed by atoms with van der Waals surface area (Å²) in [6.07, 6.45) is 1.14. The topological polar surface area (TPSA) is 58.1 Å².